The lowest BCUT2D eigenvalue weighted by atomic mass is 10.0. The van der Waals surface area contributed by atoms with Crippen LogP contribution in [0.5, 0.6) is 0 Å². The van der Waals surface area contributed by atoms with Crippen LogP contribution in [0.2, 0.25) is 0 Å². The van der Waals surface area contributed by atoms with Gasteiger partial charge in [-0.15, -0.1) is 0 Å². The molecule has 0 bridgehead atoms. The number of esters is 1. The second-order valence-corrected chi connectivity index (χ2v) is 19.5. The number of phosphoric ester groups is 1. The van der Waals surface area contributed by atoms with Crippen molar-refractivity contribution in [3.05, 3.63) is 24.3 Å². The van der Waals surface area contributed by atoms with E-state index < -0.39 is 45.1 Å². The first-order chi connectivity index (χ1) is 30.7. The monoisotopic (exact) mass is 914 g/mol. The van der Waals surface area contributed by atoms with Gasteiger partial charge in [-0.25, -0.2) is 4.57 Å². The number of rotatable bonds is 51. The maximum Gasteiger partial charge on any atom is 0.472 e. The molecule has 0 heterocycles. The quantitative estimate of drug-likeness (QED) is 0.0232. The van der Waals surface area contributed by atoms with E-state index >= 15 is 0 Å². The highest BCUT2D eigenvalue weighted by molar-refractivity contribution is 7.47. The number of carboxylic acid groups (broad SMARTS) is 1. The molecule has 3 atom stereocenters. The number of aliphatic carboxylic acids is 1. The molecule has 0 aromatic heterocycles. The Hall–Kier alpha value is -1.55. The largest absolute Gasteiger partial charge is 0.480 e. The van der Waals surface area contributed by atoms with Crippen LogP contribution in [0.1, 0.15) is 258 Å². The highest BCUT2D eigenvalue weighted by atomic mass is 31.2. The Morgan fingerprint density at radius 1 is 0.508 bits per heavy atom. The summed E-state index contributed by atoms with van der Waals surface area (Å²) >= 11 is 0. The van der Waals surface area contributed by atoms with Crippen molar-refractivity contribution in [3.63, 3.8) is 0 Å². The number of carbonyl (C=O) groups is 2. The average molecular weight is 914 g/mol. The van der Waals surface area contributed by atoms with Gasteiger partial charge in [0.25, 0.3) is 0 Å². The molecule has 0 rings (SSSR count). The average Bonchev–Trinajstić information content (AvgIpc) is 3.26. The van der Waals surface area contributed by atoms with Crippen LogP contribution >= 0.6 is 7.82 Å². The molecule has 4 N–H and O–H groups in total. The summed E-state index contributed by atoms with van der Waals surface area (Å²) < 4.78 is 33.5. The van der Waals surface area contributed by atoms with Gasteiger partial charge in [0.15, 0.2) is 0 Å². The third kappa shape index (κ3) is 48.2. The van der Waals surface area contributed by atoms with Gasteiger partial charge in [0, 0.05) is 13.0 Å². The van der Waals surface area contributed by atoms with Crippen LogP contribution in [0.4, 0.5) is 0 Å². The molecular weight excluding hydrogens is 814 g/mol. The number of unbranched alkanes of at least 4 members (excludes halogenated alkanes) is 33. The minimum atomic E-state index is -4.62. The minimum Gasteiger partial charge on any atom is -0.480 e. The van der Waals surface area contributed by atoms with E-state index in [-0.39, 0.29) is 13.0 Å². The zero-order valence-electron chi connectivity index (χ0n) is 40.9. The standard InChI is InChI=1S/C52H100NO9P/c1-3-5-7-9-11-13-15-17-19-21-23-24-25-27-29-31-33-35-37-39-41-43-45-59-46-49(47-60-63(57,58)61-48-50(53)52(55)56)62-51(54)44-42-40-38-36-34-32-30-28-26-22-20-18-16-14-12-10-8-6-4-2/h12,14,18,20,49-50H,3-11,13,15-17,19,21-48,53H2,1-2H3,(H,55,56)(H,57,58)/b14-12-,20-18-. The van der Waals surface area contributed by atoms with Crippen molar-refractivity contribution in [2.45, 2.75) is 270 Å². The van der Waals surface area contributed by atoms with Crippen molar-refractivity contribution in [2.24, 2.45) is 5.73 Å². The number of hydrogen-bond acceptors (Lipinski definition) is 8. The Balaban J connectivity index is 4.09. The van der Waals surface area contributed by atoms with Crippen molar-refractivity contribution in [2.75, 3.05) is 26.4 Å². The zero-order chi connectivity index (χ0) is 46.2. The molecular formula is C52H100NO9P. The maximum atomic E-state index is 12.7. The summed E-state index contributed by atoms with van der Waals surface area (Å²) in [6.45, 7) is 3.91. The second kappa shape index (κ2) is 48.4. The number of allylic oxidation sites excluding steroid dienone is 4. The molecule has 0 aromatic rings. The van der Waals surface area contributed by atoms with Crippen LogP contribution in [-0.2, 0) is 32.7 Å². The number of carbonyl (C=O) groups excluding carboxylic acids is 1. The maximum absolute atomic E-state index is 12.7. The second-order valence-electron chi connectivity index (χ2n) is 18.0. The molecule has 0 amide bonds. The van der Waals surface area contributed by atoms with E-state index in [2.05, 4.69) is 38.2 Å². The molecule has 11 heteroatoms. The van der Waals surface area contributed by atoms with E-state index in [9.17, 15) is 19.0 Å². The smallest absolute Gasteiger partial charge is 0.472 e. The lowest BCUT2D eigenvalue weighted by Crippen LogP contribution is -2.34. The van der Waals surface area contributed by atoms with Crippen molar-refractivity contribution >= 4 is 19.8 Å². The van der Waals surface area contributed by atoms with Crippen molar-refractivity contribution in [1.29, 1.82) is 0 Å². The number of phosphoric acid groups is 1. The first-order valence-electron chi connectivity index (χ1n) is 26.4. The van der Waals surface area contributed by atoms with Crippen LogP contribution in [0.25, 0.3) is 0 Å². The fourth-order valence-electron chi connectivity index (χ4n) is 7.64. The van der Waals surface area contributed by atoms with Gasteiger partial charge in [-0.05, 0) is 44.9 Å². The van der Waals surface area contributed by atoms with Gasteiger partial charge >= 0.3 is 19.8 Å². The number of hydrogen-bond donors (Lipinski definition) is 3. The Kier molecular flexibility index (Phi) is 47.2. The molecule has 0 aliphatic carbocycles. The highest BCUT2D eigenvalue weighted by Crippen LogP contribution is 2.43. The first-order valence-corrected chi connectivity index (χ1v) is 27.9. The Morgan fingerprint density at radius 2 is 0.873 bits per heavy atom. The number of ether oxygens (including phenoxy) is 2. The number of nitrogens with two attached hydrogens (primary N) is 1. The molecule has 0 saturated carbocycles. The van der Waals surface area contributed by atoms with Crippen molar-refractivity contribution in [3.8, 4) is 0 Å². The minimum absolute atomic E-state index is 0.0203. The molecule has 0 fully saturated rings. The van der Waals surface area contributed by atoms with E-state index in [1.165, 1.54) is 180 Å². The summed E-state index contributed by atoms with van der Waals surface area (Å²) in [5.74, 6) is -1.77. The molecule has 372 valence electrons. The third-order valence-corrected chi connectivity index (χ3v) is 12.7. The summed E-state index contributed by atoms with van der Waals surface area (Å²) in [7, 11) is -4.62. The molecule has 0 aliphatic heterocycles. The lowest BCUT2D eigenvalue weighted by molar-refractivity contribution is -0.154. The zero-order valence-corrected chi connectivity index (χ0v) is 41.8. The summed E-state index contributed by atoms with van der Waals surface area (Å²) in [5.41, 5.74) is 5.38. The molecule has 63 heavy (non-hydrogen) atoms. The van der Waals surface area contributed by atoms with Gasteiger partial charge in [-0.2, -0.15) is 0 Å². The van der Waals surface area contributed by atoms with Gasteiger partial charge < -0.3 is 25.2 Å². The van der Waals surface area contributed by atoms with Crippen molar-refractivity contribution < 1.29 is 42.7 Å². The van der Waals surface area contributed by atoms with E-state index in [0.717, 1.165) is 51.4 Å². The van der Waals surface area contributed by atoms with Crippen LogP contribution in [-0.4, -0.2) is 60.5 Å². The van der Waals surface area contributed by atoms with Crippen LogP contribution in [0.15, 0.2) is 24.3 Å². The Labute approximate surface area is 387 Å². The molecule has 0 aliphatic rings. The van der Waals surface area contributed by atoms with Gasteiger partial charge in [-0.3, -0.25) is 18.6 Å². The molecule has 0 spiro atoms. The van der Waals surface area contributed by atoms with Gasteiger partial charge in [0.05, 0.1) is 19.8 Å². The molecule has 3 unspecified atom stereocenters. The van der Waals surface area contributed by atoms with E-state index in [1.807, 2.05) is 0 Å². The summed E-state index contributed by atoms with van der Waals surface area (Å²) in [4.78, 5) is 33.7. The van der Waals surface area contributed by atoms with E-state index in [4.69, 9.17) is 29.4 Å². The molecule has 10 nitrogen and oxygen atoms in total. The molecule has 0 radical (unpaired) electrons. The predicted molar refractivity (Wildman–Crippen MR) is 263 cm³/mol. The van der Waals surface area contributed by atoms with Gasteiger partial charge in [0.1, 0.15) is 12.1 Å². The number of carboxylic acids is 1. The Morgan fingerprint density at radius 3 is 1.32 bits per heavy atom. The highest BCUT2D eigenvalue weighted by Gasteiger charge is 2.27. The van der Waals surface area contributed by atoms with Gasteiger partial charge in [0.2, 0.25) is 0 Å². The summed E-state index contributed by atoms with van der Waals surface area (Å²) in [6, 6.07) is -1.47. The summed E-state index contributed by atoms with van der Waals surface area (Å²) in [6.07, 6.45) is 55.2. The molecule has 0 aromatic carbocycles. The fourth-order valence-corrected chi connectivity index (χ4v) is 8.42. The molecule has 0 saturated heterocycles. The van der Waals surface area contributed by atoms with E-state index in [0.29, 0.717) is 13.0 Å². The van der Waals surface area contributed by atoms with Gasteiger partial charge in [-0.1, -0.05) is 231 Å². The fraction of sp³-hybridized carbons (Fsp3) is 0.885. The van der Waals surface area contributed by atoms with Crippen LogP contribution in [0.3, 0.4) is 0 Å². The predicted octanol–water partition coefficient (Wildman–Crippen LogP) is 15.4. The third-order valence-electron chi connectivity index (χ3n) is 11.7. The van der Waals surface area contributed by atoms with Crippen LogP contribution in [0, 0.1) is 0 Å². The van der Waals surface area contributed by atoms with Crippen LogP contribution < -0.4 is 5.73 Å². The van der Waals surface area contributed by atoms with Crippen molar-refractivity contribution in [1.82, 2.24) is 0 Å². The normalized spacial score (nSPS) is 13.8. The topological polar surface area (TPSA) is 155 Å². The lowest BCUT2D eigenvalue weighted by Gasteiger charge is -2.20. The first kappa shape index (κ1) is 61.5. The Bertz CT molecular complexity index is 1100. The van der Waals surface area contributed by atoms with E-state index in [1.54, 1.807) is 0 Å². The summed E-state index contributed by atoms with van der Waals surface area (Å²) in [5, 5.41) is 8.93. The SMILES string of the molecule is CCCCC/C=C\C/C=C\CCCCCCCCCCCC(=O)OC(COCCCCCCCCCCCCCCCCCCCCCCCC)COP(=O)(O)OCC(N)C(=O)O.